The summed E-state index contributed by atoms with van der Waals surface area (Å²) in [6.45, 7) is 1.89. The first-order chi connectivity index (χ1) is 8.54. The highest BCUT2D eigenvalue weighted by molar-refractivity contribution is 5.75. The van der Waals surface area contributed by atoms with Crippen molar-refractivity contribution < 1.29 is 19.2 Å². The minimum absolute atomic E-state index is 0.0528. The molecule has 0 aliphatic heterocycles. The van der Waals surface area contributed by atoms with Crippen LogP contribution in [0.15, 0.2) is 18.2 Å². The van der Waals surface area contributed by atoms with Crippen molar-refractivity contribution in [3.63, 3.8) is 0 Å². The minimum Gasteiger partial charge on any atom is -0.493 e. The molecule has 1 aromatic carbocycles. The van der Waals surface area contributed by atoms with Gasteiger partial charge in [-0.1, -0.05) is 0 Å². The van der Waals surface area contributed by atoms with Crippen LogP contribution in [0.25, 0.3) is 0 Å². The van der Waals surface area contributed by atoms with Gasteiger partial charge in [-0.3, -0.25) is 10.1 Å². The zero-order chi connectivity index (χ0) is 13.5. The molecule has 0 unspecified atom stereocenters. The van der Waals surface area contributed by atoms with Crippen molar-refractivity contribution >= 4 is 11.5 Å². The fraction of sp³-hybridized carbons (Fsp3) is 0.417. The molecule has 0 heterocycles. The van der Waals surface area contributed by atoms with E-state index in [2.05, 4.69) is 0 Å². The first kappa shape index (κ1) is 14.0. The predicted octanol–water partition coefficient (Wildman–Crippen LogP) is 2.35. The van der Waals surface area contributed by atoms with E-state index in [9.17, 15) is 14.9 Å². The van der Waals surface area contributed by atoms with Gasteiger partial charge >= 0.3 is 0 Å². The third-order valence-corrected chi connectivity index (χ3v) is 2.29. The summed E-state index contributed by atoms with van der Waals surface area (Å²) >= 11 is 0. The zero-order valence-electron chi connectivity index (χ0n) is 10.3. The monoisotopic (exact) mass is 253 g/mol. The van der Waals surface area contributed by atoms with E-state index in [4.69, 9.17) is 9.47 Å². The Bertz CT molecular complexity index is 444. The molecule has 1 rings (SSSR count). The van der Waals surface area contributed by atoms with E-state index < -0.39 is 4.92 Å². The lowest BCUT2D eigenvalue weighted by atomic mass is 10.2. The van der Waals surface area contributed by atoms with Crippen LogP contribution in [0.5, 0.6) is 11.5 Å². The summed E-state index contributed by atoms with van der Waals surface area (Å²) in [6.07, 6.45) is 1.06. The number of hydrogen-bond acceptors (Lipinski definition) is 5. The van der Waals surface area contributed by atoms with Crippen molar-refractivity contribution in [2.24, 2.45) is 0 Å². The van der Waals surface area contributed by atoms with Crippen molar-refractivity contribution in [1.82, 2.24) is 0 Å². The molecule has 98 valence electrons. The second kappa shape index (κ2) is 6.58. The maximum absolute atomic E-state index is 10.7. The van der Waals surface area contributed by atoms with Gasteiger partial charge in [0, 0.05) is 12.5 Å². The summed E-state index contributed by atoms with van der Waals surface area (Å²) < 4.78 is 10.4. The quantitative estimate of drug-likeness (QED) is 0.423. The van der Waals surface area contributed by atoms with Gasteiger partial charge in [0.15, 0.2) is 11.5 Å². The highest BCUT2D eigenvalue weighted by Gasteiger charge is 2.12. The topological polar surface area (TPSA) is 78.7 Å². The van der Waals surface area contributed by atoms with Gasteiger partial charge in [0.2, 0.25) is 0 Å². The van der Waals surface area contributed by atoms with Crippen LogP contribution in [0, 0.1) is 10.1 Å². The highest BCUT2D eigenvalue weighted by Crippen LogP contribution is 2.31. The van der Waals surface area contributed by atoms with E-state index in [0.717, 1.165) is 0 Å². The lowest BCUT2D eigenvalue weighted by Crippen LogP contribution is -2.02. The first-order valence-electron chi connectivity index (χ1n) is 5.49. The standard InChI is InChI=1S/C12H15NO5/c1-9(14)4-3-7-18-11-6-5-10(13(15)16)8-12(11)17-2/h5-6,8H,3-4,7H2,1-2H3. The Labute approximate surface area is 105 Å². The molecule has 0 aliphatic rings. The number of non-ortho nitro benzene ring substituents is 1. The van der Waals surface area contributed by atoms with Crippen molar-refractivity contribution in [3.05, 3.63) is 28.3 Å². The molecule has 0 saturated heterocycles. The zero-order valence-corrected chi connectivity index (χ0v) is 10.3. The number of nitrogens with zero attached hydrogens (tertiary/aromatic N) is 1. The molecule has 18 heavy (non-hydrogen) atoms. The molecule has 0 aromatic heterocycles. The smallest absolute Gasteiger partial charge is 0.273 e. The number of benzene rings is 1. The van der Waals surface area contributed by atoms with Crippen LogP contribution in [-0.4, -0.2) is 24.4 Å². The fourth-order valence-corrected chi connectivity index (χ4v) is 1.39. The lowest BCUT2D eigenvalue weighted by molar-refractivity contribution is -0.385. The number of methoxy groups -OCH3 is 1. The van der Waals surface area contributed by atoms with E-state index >= 15 is 0 Å². The second-order valence-electron chi connectivity index (χ2n) is 3.75. The van der Waals surface area contributed by atoms with E-state index in [1.807, 2.05) is 0 Å². The average molecular weight is 253 g/mol. The van der Waals surface area contributed by atoms with Gasteiger partial charge in [0.05, 0.1) is 24.7 Å². The number of carbonyl (C=O) groups excluding carboxylic acids is 1. The Morgan fingerprint density at radius 2 is 2.11 bits per heavy atom. The average Bonchev–Trinajstić information content (AvgIpc) is 2.34. The Hall–Kier alpha value is -2.11. The highest BCUT2D eigenvalue weighted by atomic mass is 16.6. The van der Waals surface area contributed by atoms with E-state index in [1.54, 1.807) is 0 Å². The van der Waals surface area contributed by atoms with Gasteiger partial charge in [0.1, 0.15) is 5.78 Å². The van der Waals surface area contributed by atoms with Crippen molar-refractivity contribution in [1.29, 1.82) is 0 Å². The normalized spacial score (nSPS) is 9.89. The Kier molecular flexibility index (Phi) is 5.10. The Balaban J connectivity index is 2.65. The van der Waals surface area contributed by atoms with Gasteiger partial charge in [-0.15, -0.1) is 0 Å². The SMILES string of the molecule is COc1cc([N+](=O)[O-])ccc1OCCCC(C)=O. The fourth-order valence-electron chi connectivity index (χ4n) is 1.39. The maximum Gasteiger partial charge on any atom is 0.273 e. The number of ether oxygens (including phenoxy) is 2. The summed E-state index contributed by atoms with van der Waals surface area (Å²) in [5.74, 6) is 0.855. The third-order valence-electron chi connectivity index (χ3n) is 2.29. The molecule has 0 fully saturated rings. The predicted molar refractivity (Wildman–Crippen MR) is 65.1 cm³/mol. The van der Waals surface area contributed by atoms with Gasteiger partial charge in [-0.05, 0) is 19.4 Å². The molecule has 0 atom stereocenters. The van der Waals surface area contributed by atoms with Crippen LogP contribution < -0.4 is 9.47 Å². The third kappa shape index (κ3) is 4.04. The minimum atomic E-state index is -0.498. The first-order valence-corrected chi connectivity index (χ1v) is 5.49. The summed E-state index contributed by atoms with van der Waals surface area (Å²) in [5, 5.41) is 10.6. The van der Waals surface area contributed by atoms with Crippen LogP contribution in [0.2, 0.25) is 0 Å². The van der Waals surface area contributed by atoms with Crippen LogP contribution in [0.4, 0.5) is 5.69 Å². The lowest BCUT2D eigenvalue weighted by Gasteiger charge is -2.09. The molecule has 0 saturated carbocycles. The van der Waals surface area contributed by atoms with Crippen molar-refractivity contribution in [3.8, 4) is 11.5 Å². The molecule has 0 aliphatic carbocycles. The molecular formula is C12H15NO5. The molecule has 6 nitrogen and oxygen atoms in total. The van der Waals surface area contributed by atoms with Crippen LogP contribution in [0.3, 0.4) is 0 Å². The molecule has 0 bridgehead atoms. The molecule has 6 heteroatoms. The summed E-state index contributed by atoms with van der Waals surface area (Å²) in [7, 11) is 1.42. The second-order valence-corrected chi connectivity index (χ2v) is 3.75. The van der Waals surface area contributed by atoms with Gasteiger partial charge in [-0.2, -0.15) is 0 Å². The number of hydrogen-bond donors (Lipinski definition) is 0. The van der Waals surface area contributed by atoms with E-state index in [0.29, 0.717) is 30.9 Å². The summed E-state index contributed by atoms with van der Waals surface area (Å²) in [5.41, 5.74) is -0.0528. The molecule has 0 spiro atoms. The largest absolute Gasteiger partial charge is 0.493 e. The number of rotatable bonds is 7. The molecule has 0 radical (unpaired) electrons. The Morgan fingerprint density at radius 3 is 2.67 bits per heavy atom. The van der Waals surface area contributed by atoms with Gasteiger partial charge < -0.3 is 14.3 Å². The maximum atomic E-state index is 10.7. The van der Waals surface area contributed by atoms with Crippen LogP contribution in [0.1, 0.15) is 19.8 Å². The van der Waals surface area contributed by atoms with E-state index in [1.165, 1.54) is 32.2 Å². The summed E-state index contributed by atoms with van der Waals surface area (Å²) in [4.78, 5) is 20.8. The van der Waals surface area contributed by atoms with Crippen molar-refractivity contribution in [2.45, 2.75) is 19.8 Å². The number of ketones is 1. The van der Waals surface area contributed by atoms with Crippen molar-refractivity contribution in [2.75, 3.05) is 13.7 Å². The molecule has 0 amide bonds. The summed E-state index contributed by atoms with van der Waals surface area (Å²) in [6, 6.07) is 4.15. The number of carbonyl (C=O) groups is 1. The van der Waals surface area contributed by atoms with E-state index in [-0.39, 0.29) is 11.5 Å². The molecular weight excluding hydrogens is 238 g/mol. The number of nitro benzene ring substituents is 1. The van der Waals surface area contributed by atoms with Crippen LogP contribution >= 0.6 is 0 Å². The van der Waals surface area contributed by atoms with Crippen LogP contribution in [-0.2, 0) is 4.79 Å². The number of nitro groups is 1. The Morgan fingerprint density at radius 1 is 1.39 bits per heavy atom. The molecule has 1 aromatic rings. The number of Topliss-reactive ketones (excluding diaryl/α,β-unsaturated/α-hetero) is 1. The van der Waals surface area contributed by atoms with Gasteiger partial charge in [0.25, 0.3) is 5.69 Å². The molecule has 0 N–H and O–H groups in total. The van der Waals surface area contributed by atoms with Gasteiger partial charge in [-0.25, -0.2) is 0 Å².